The van der Waals surface area contributed by atoms with Crippen molar-refractivity contribution in [2.75, 3.05) is 13.1 Å². The molecule has 1 unspecified atom stereocenters. The molecule has 168 valence electrons. The van der Waals surface area contributed by atoms with Crippen LogP contribution in [0.1, 0.15) is 35.4 Å². The van der Waals surface area contributed by atoms with Gasteiger partial charge < -0.3 is 10.0 Å². The van der Waals surface area contributed by atoms with Crippen LogP contribution in [0.25, 0.3) is 16.9 Å². The molecule has 0 aliphatic carbocycles. The first-order valence-corrected chi connectivity index (χ1v) is 10.3. The minimum atomic E-state index is -4.73. The third kappa shape index (κ3) is 4.40. The topological polar surface area (TPSA) is 87.8 Å². The first-order chi connectivity index (χ1) is 15.1. The number of alkyl halides is 3. The summed E-state index contributed by atoms with van der Waals surface area (Å²) < 4.78 is 41.9. The van der Waals surface area contributed by atoms with Gasteiger partial charge in [-0.3, -0.25) is 9.59 Å². The Labute approximate surface area is 185 Å². The van der Waals surface area contributed by atoms with Crippen LogP contribution in [0, 0.1) is 5.92 Å². The molecule has 3 aromatic rings. The number of rotatable bonds is 3. The number of hydrogen-bond acceptors (Lipinski definition) is 4. The van der Waals surface area contributed by atoms with Crippen molar-refractivity contribution < 1.29 is 27.9 Å². The molecule has 1 fully saturated rings. The van der Waals surface area contributed by atoms with Gasteiger partial charge in [0.1, 0.15) is 0 Å². The molecule has 0 radical (unpaired) electrons. The van der Waals surface area contributed by atoms with E-state index in [1.54, 1.807) is 24.3 Å². The molecule has 1 aliphatic heterocycles. The van der Waals surface area contributed by atoms with E-state index in [1.807, 2.05) is 0 Å². The lowest BCUT2D eigenvalue weighted by Gasteiger charge is -2.18. The summed E-state index contributed by atoms with van der Waals surface area (Å²) in [6, 6.07) is 8.30. The number of aliphatic carboxylic acids is 1. The number of fused-ring (bicyclic) bond motifs is 1. The van der Waals surface area contributed by atoms with Gasteiger partial charge in [0.15, 0.2) is 17.0 Å². The normalized spacial score (nSPS) is 17.4. The molecule has 1 saturated heterocycles. The number of halogens is 4. The molecule has 0 saturated carbocycles. The third-order valence-electron chi connectivity index (χ3n) is 5.44. The molecule has 3 heterocycles. The Morgan fingerprint density at radius 2 is 1.81 bits per heavy atom. The van der Waals surface area contributed by atoms with Crippen molar-refractivity contribution in [3.63, 3.8) is 0 Å². The van der Waals surface area contributed by atoms with E-state index < -0.39 is 29.7 Å². The molecular formula is C21H18ClF3N4O3. The number of carbonyl (C=O) groups is 2. The van der Waals surface area contributed by atoms with Gasteiger partial charge >= 0.3 is 12.1 Å². The van der Waals surface area contributed by atoms with Gasteiger partial charge in [-0.25, -0.2) is 9.50 Å². The summed E-state index contributed by atoms with van der Waals surface area (Å²) in [6.45, 7) is 0.505. The quantitative estimate of drug-likeness (QED) is 0.618. The SMILES string of the molecule is O=C(O)C1CCCN(C(=O)c2cc3nc(-c4ccc(Cl)cc4)cc(C(F)(F)F)n3n2)CC1. The largest absolute Gasteiger partial charge is 0.481 e. The fraction of sp³-hybridized carbons (Fsp3) is 0.333. The average molecular weight is 467 g/mol. The second-order valence-electron chi connectivity index (χ2n) is 7.59. The number of carbonyl (C=O) groups excluding carboxylic acids is 1. The zero-order valence-corrected chi connectivity index (χ0v) is 17.4. The van der Waals surface area contributed by atoms with Gasteiger partial charge in [0.25, 0.3) is 5.91 Å². The van der Waals surface area contributed by atoms with E-state index in [9.17, 15) is 27.9 Å². The number of benzene rings is 1. The number of amides is 1. The van der Waals surface area contributed by atoms with Gasteiger partial charge in [-0.05, 0) is 37.5 Å². The Morgan fingerprint density at radius 3 is 2.47 bits per heavy atom. The number of carboxylic acids is 1. The van der Waals surface area contributed by atoms with Crippen molar-refractivity contribution in [3.05, 3.63) is 52.8 Å². The van der Waals surface area contributed by atoms with E-state index in [-0.39, 0.29) is 30.0 Å². The van der Waals surface area contributed by atoms with Crippen molar-refractivity contribution in [2.45, 2.75) is 25.4 Å². The highest BCUT2D eigenvalue weighted by atomic mass is 35.5. The number of carboxylic acid groups (broad SMARTS) is 1. The van der Waals surface area contributed by atoms with Crippen molar-refractivity contribution in [2.24, 2.45) is 5.92 Å². The standard InChI is InChI=1S/C21H18ClF3N4O3/c22-14-5-3-12(4-6-14)15-10-17(21(23,24)25)29-18(26-15)11-16(27-29)19(30)28-8-1-2-13(7-9-28)20(31)32/h3-6,10-11,13H,1-2,7-9H2,(H,31,32). The van der Waals surface area contributed by atoms with Crippen molar-refractivity contribution in [1.29, 1.82) is 0 Å². The summed E-state index contributed by atoms with van der Waals surface area (Å²) in [5.41, 5.74) is -0.854. The Kier molecular flexibility index (Phi) is 5.81. The molecule has 1 atom stereocenters. The fourth-order valence-corrected chi connectivity index (χ4v) is 3.88. The summed E-state index contributed by atoms with van der Waals surface area (Å²) >= 11 is 5.86. The van der Waals surface area contributed by atoms with Crippen LogP contribution >= 0.6 is 11.6 Å². The minimum absolute atomic E-state index is 0.0689. The summed E-state index contributed by atoms with van der Waals surface area (Å²) in [7, 11) is 0. The van der Waals surface area contributed by atoms with E-state index in [2.05, 4.69) is 10.1 Å². The van der Waals surface area contributed by atoms with Crippen LogP contribution in [-0.4, -0.2) is 49.6 Å². The Hall–Kier alpha value is -3.14. The molecule has 1 aromatic carbocycles. The van der Waals surface area contributed by atoms with Gasteiger partial charge in [-0.2, -0.15) is 18.3 Å². The monoisotopic (exact) mass is 466 g/mol. The zero-order chi connectivity index (χ0) is 23.0. The minimum Gasteiger partial charge on any atom is -0.481 e. The Morgan fingerprint density at radius 1 is 1.09 bits per heavy atom. The summed E-state index contributed by atoms with van der Waals surface area (Å²) in [5, 5.41) is 13.5. The van der Waals surface area contributed by atoms with Crippen LogP contribution < -0.4 is 0 Å². The number of likely N-dealkylation sites (tertiary alicyclic amines) is 1. The molecule has 32 heavy (non-hydrogen) atoms. The van der Waals surface area contributed by atoms with E-state index in [1.165, 1.54) is 11.0 Å². The number of nitrogens with zero attached hydrogens (tertiary/aromatic N) is 4. The highest BCUT2D eigenvalue weighted by molar-refractivity contribution is 6.30. The maximum atomic E-state index is 13.8. The van der Waals surface area contributed by atoms with Crippen LogP contribution in [0.15, 0.2) is 36.4 Å². The summed E-state index contributed by atoms with van der Waals surface area (Å²) in [6.07, 6.45) is -3.52. The summed E-state index contributed by atoms with van der Waals surface area (Å²) in [4.78, 5) is 29.8. The van der Waals surface area contributed by atoms with E-state index in [0.29, 0.717) is 34.5 Å². The molecule has 4 rings (SSSR count). The molecule has 2 aromatic heterocycles. The van der Waals surface area contributed by atoms with Crippen LogP contribution in [0.3, 0.4) is 0 Å². The smallest absolute Gasteiger partial charge is 0.433 e. The Bertz CT molecular complexity index is 1180. The van der Waals surface area contributed by atoms with E-state index >= 15 is 0 Å². The maximum absolute atomic E-state index is 13.8. The molecular weight excluding hydrogens is 449 g/mol. The lowest BCUT2D eigenvalue weighted by molar-refractivity contribution is -0.143. The highest BCUT2D eigenvalue weighted by Crippen LogP contribution is 2.33. The van der Waals surface area contributed by atoms with Gasteiger partial charge in [0.05, 0.1) is 11.6 Å². The van der Waals surface area contributed by atoms with Crippen LogP contribution in [0.2, 0.25) is 5.02 Å². The molecule has 1 aliphatic rings. The van der Waals surface area contributed by atoms with Crippen molar-refractivity contribution in [3.8, 4) is 11.3 Å². The lowest BCUT2D eigenvalue weighted by atomic mass is 10.0. The molecule has 1 N–H and O–H groups in total. The maximum Gasteiger partial charge on any atom is 0.433 e. The lowest BCUT2D eigenvalue weighted by Crippen LogP contribution is -2.32. The van der Waals surface area contributed by atoms with E-state index in [4.69, 9.17) is 11.6 Å². The third-order valence-corrected chi connectivity index (χ3v) is 5.69. The average Bonchev–Trinajstić information content (AvgIpc) is 3.00. The van der Waals surface area contributed by atoms with Crippen LogP contribution in [0.4, 0.5) is 13.2 Å². The zero-order valence-electron chi connectivity index (χ0n) is 16.6. The van der Waals surface area contributed by atoms with E-state index in [0.717, 1.165) is 6.07 Å². The number of aromatic nitrogens is 3. The summed E-state index contributed by atoms with van der Waals surface area (Å²) in [5.74, 6) is -2.02. The molecule has 1 amide bonds. The van der Waals surface area contributed by atoms with Gasteiger partial charge in [0.2, 0.25) is 0 Å². The van der Waals surface area contributed by atoms with Gasteiger partial charge in [0, 0.05) is 29.7 Å². The molecule has 0 bridgehead atoms. The second kappa shape index (κ2) is 8.42. The molecule has 0 spiro atoms. The highest BCUT2D eigenvalue weighted by Gasteiger charge is 2.36. The van der Waals surface area contributed by atoms with Gasteiger partial charge in [-0.1, -0.05) is 23.7 Å². The van der Waals surface area contributed by atoms with Crippen LogP contribution in [-0.2, 0) is 11.0 Å². The number of hydrogen-bond donors (Lipinski definition) is 1. The van der Waals surface area contributed by atoms with Crippen LogP contribution in [0.5, 0.6) is 0 Å². The first kappa shape index (κ1) is 22.1. The predicted molar refractivity (Wildman–Crippen MR) is 109 cm³/mol. The predicted octanol–water partition coefficient (Wildman–Crippen LogP) is 4.40. The van der Waals surface area contributed by atoms with Crippen molar-refractivity contribution >= 4 is 29.1 Å². The van der Waals surface area contributed by atoms with Gasteiger partial charge in [-0.15, -0.1) is 0 Å². The fourth-order valence-electron chi connectivity index (χ4n) is 3.76. The molecule has 11 heteroatoms. The molecule has 7 nitrogen and oxygen atoms in total. The Balaban J connectivity index is 1.72. The van der Waals surface area contributed by atoms with Crippen molar-refractivity contribution in [1.82, 2.24) is 19.5 Å². The second-order valence-corrected chi connectivity index (χ2v) is 8.03. The first-order valence-electron chi connectivity index (χ1n) is 9.89.